The molecule has 1 N–H and O–H groups in total. The molecular weight excluding hydrogens is 413 g/mol. The van der Waals surface area contributed by atoms with Gasteiger partial charge in [0, 0.05) is 24.9 Å². The van der Waals surface area contributed by atoms with Crippen molar-refractivity contribution in [1.82, 2.24) is 0 Å². The summed E-state index contributed by atoms with van der Waals surface area (Å²) in [6.45, 7) is 2.33. The second kappa shape index (κ2) is 9.65. The maximum Gasteiger partial charge on any atom is 0.417 e. The lowest BCUT2D eigenvalue weighted by Crippen LogP contribution is -2.36. The highest BCUT2D eigenvalue weighted by atomic mass is 19.4. The zero-order valence-electron chi connectivity index (χ0n) is 16.7. The van der Waals surface area contributed by atoms with Gasteiger partial charge in [-0.25, -0.2) is 4.79 Å². The number of benzene rings is 2. The van der Waals surface area contributed by atoms with E-state index in [0.717, 1.165) is 5.69 Å². The molecule has 6 nitrogen and oxygen atoms in total. The second-order valence-electron chi connectivity index (χ2n) is 6.73. The molecule has 2 aromatic carbocycles. The lowest BCUT2D eigenvalue weighted by Gasteiger charge is -2.29. The van der Waals surface area contributed by atoms with Crippen LogP contribution in [-0.2, 0) is 14.3 Å². The lowest BCUT2D eigenvalue weighted by atomic mass is 10.0. The molecule has 0 spiro atoms. The van der Waals surface area contributed by atoms with Crippen molar-refractivity contribution in [2.75, 3.05) is 43.6 Å². The third-order valence-electron chi connectivity index (χ3n) is 4.71. The van der Waals surface area contributed by atoms with Crippen LogP contribution in [0.4, 0.5) is 24.5 Å². The standard InChI is InChI=1S/C22H21F3N2O4/c1-30-21(29)17-13-16(27-9-11-31-12-10-27)7-8-19(17)26-20(28)14-18(22(23,24)25)15-5-3-2-4-6-15/h2-8,13-14H,9-12H2,1H3,(H,26,28)/b18-14+. The minimum absolute atomic E-state index is 0.0431. The van der Waals surface area contributed by atoms with Crippen molar-refractivity contribution < 1.29 is 32.2 Å². The van der Waals surface area contributed by atoms with Crippen LogP contribution in [0.2, 0.25) is 0 Å². The molecule has 0 radical (unpaired) electrons. The van der Waals surface area contributed by atoms with Crippen LogP contribution in [-0.4, -0.2) is 51.5 Å². The van der Waals surface area contributed by atoms with Crippen LogP contribution in [0, 0.1) is 0 Å². The van der Waals surface area contributed by atoms with Gasteiger partial charge in [0.25, 0.3) is 0 Å². The Morgan fingerprint density at radius 1 is 1.10 bits per heavy atom. The fourth-order valence-electron chi connectivity index (χ4n) is 3.18. The van der Waals surface area contributed by atoms with Crippen LogP contribution in [0.5, 0.6) is 0 Å². The molecule has 164 valence electrons. The summed E-state index contributed by atoms with van der Waals surface area (Å²) in [5.41, 5.74) is -0.408. The molecule has 0 aromatic heterocycles. The number of morpholine rings is 1. The van der Waals surface area contributed by atoms with Gasteiger partial charge < -0.3 is 19.7 Å². The van der Waals surface area contributed by atoms with Gasteiger partial charge in [-0.05, 0) is 23.8 Å². The van der Waals surface area contributed by atoms with E-state index in [0.29, 0.717) is 32.4 Å². The number of alkyl halides is 3. The molecular formula is C22H21F3N2O4. The number of halogens is 3. The number of esters is 1. The number of hydrogen-bond acceptors (Lipinski definition) is 5. The summed E-state index contributed by atoms with van der Waals surface area (Å²) < 4.78 is 50.5. The lowest BCUT2D eigenvalue weighted by molar-refractivity contribution is -0.112. The molecule has 1 amide bonds. The summed E-state index contributed by atoms with van der Waals surface area (Å²) in [6.07, 6.45) is -4.25. The first-order chi connectivity index (χ1) is 14.8. The van der Waals surface area contributed by atoms with Gasteiger partial charge in [0.05, 0.1) is 37.1 Å². The Morgan fingerprint density at radius 2 is 1.77 bits per heavy atom. The van der Waals surface area contributed by atoms with E-state index in [1.165, 1.54) is 37.4 Å². The minimum atomic E-state index is -4.73. The smallest absolute Gasteiger partial charge is 0.417 e. The molecule has 1 fully saturated rings. The van der Waals surface area contributed by atoms with E-state index < -0.39 is 23.6 Å². The van der Waals surface area contributed by atoms with Crippen LogP contribution < -0.4 is 10.2 Å². The van der Waals surface area contributed by atoms with E-state index in [-0.39, 0.29) is 16.8 Å². The van der Waals surface area contributed by atoms with Crippen molar-refractivity contribution in [1.29, 1.82) is 0 Å². The summed E-state index contributed by atoms with van der Waals surface area (Å²) in [5.74, 6) is -1.73. The Morgan fingerprint density at radius 3 is 2.39 bits per heavy atom. The number of carbonyl (C=O) groups excluding carboxylic acids is 2. The highest BCUT2D eigenvalue weighted by molar-refractivity contribution is 6.08. The first-order valence-electron chi connectivity index (χ1n) is 9.50. The summed E-state index contributed by atoms with van der Waals surface area (Å²) in [4.78, 5) is 26.7. The first-order valence-corrected chi connectivity index (χ1v) is 9.50. The van der Waals surface area contributed by atoms with Gasteiger partial charge in [0.2, 0.25) is 5.91 Å². The van der Waals surface area contributed by atoms with Gasteiger partial charge >= 0.3 is 12.1 Å². The third-order valence-corrected chi connectivity index (χ3v) is 4.71. The molecule has 0 saturated carbocycles. The zero-order valence-corrected chi connectivity index (χ0v) is 16.7. The van der Waals surface area contributed by atoms with Gasteiger partial charge in [-0.1, -0.05) is 30.3 Å². The molecule has 1 saturated heterocycles. The number of ether oxygens (including phenoxy) is 2. The van der Waals surface area contributed by atoms with Gasteiger partial charge in [-0.15, -0.1) is 0 Å². The second-order valence-corrected chi connectivity index (χ2v) is 6.73. The van der Waals surface area contributed by atoms with Crippen LogP contribution >= 0.6 is 0 Å². The van der Waals surface area contributed by atoms with Crippen LogP contribution in [0.15, 0.2) is 54.6 Å². The fraction of sp³-hybridized carbons (Fsp3) is 0.273. The summed E-state index contributed by atoms with van der Waals surface area (Å²) >= 11 is 0. The third kappa shape index (κ3) is 5.64. The molecule has 9 heteroatoms. The minimum Gasteiger partial charge on any atom is -0.465 e. The largest absolute Gasteiger partial charge is 0.465 e. The van der Waals surface area contributed by atoms with Gasteiger partial charge in [0.15, 0.2) is 0 Å². The Balaban J connectivity index is 1.90. The average Bonchev–Trinajstić information content (AvgIpc) is 2.77. The first kappa shape index (κ1) is 22.4. The Labute approximate surface area is 177 Å². The van der Waals surface area contributed by atoms with E-state index in [4.69, 9.17) is 9.47 Å². The molecule has 0 bridgehead atoms. The number of nitrogens with zero attached hydrogens (tertiary/aromatic N) is 1. The highest BCUT2D eigenvalue weighted by Gasteiger charge is 2.35. The number of hydrogen-bond donors (Lipinski definition) is 1. The number of nitrogens with one attached hydrogen (secondary N) is 1. The van der Waals surface area contributed by atoms with Crippen molar-refractivity contribution in [2.24, 2.45) is 0 Å². The molecule has 1 heterocycles. The Bertz CT molecular complexity index is 968. The number of allylic oxidation sites excluding steroid dienone is 1. The molecule has 3 rings (SSSR count). The molecule has 1 aliphatic rings. The van der Waals surface area contributed by atoms with E-state index >= 15 is 0 Å². The van der Waals surface area contributed by atoms with E-state index in [2.05, 4.69) is 5.32 Å². The fourth-order valence-corrected chi connectivity index (χ4v) is 3.18. The van der Waals surface area contributed by atoms with E-state index in [9.17, 15) is 22.8 Å². The number of carbonyl (C=O) groups is 2. The molecule has 1 aliphatic heterocycles. The molecule has 0 aliphatic carbocycles. The van der Waals surface area contributed by atoms with Crippen LogP contribution in [0.3, 0.4) is 0 Å². The predicted molar refractivity (Wildman–Crippen MR) is 110 cm³/mol. The average molecular weight is 434 g/mol. The van der Waals surface area contributed by atoms with Gasteiger partial charge in [-0.3, -0.25) is 4.79 Å². The number of methoxy groups -OCH3 is 1. The SMILES string of the molecule is COC(=O)c1cc(N2CCOCC2)ccc1NC(=O)/C=C(\c1ccccc1)C(F)(F)F. The van der Waals surface area contributed by atoms with Crippen molar-refractivity contribution in [3.05, 3.63) is 65.7 Å². The normalized spacial score (nSPS) is 14.8. The predicted octanol–water partition coefficient (Wildman–Crippen LogP) is 3.89. The topological polar surface area (TPSA) is 67.9 Å². The van der Waals surface area contributed by atoms with Crippen molar-refractivity contribution >= 4 is 28.8 Å². The maximum atomic E-state index is 13.5. The number of anilines is 2. The maximum absolute atomic E-state index is 13.5. The van der Waals surface area contributed by atoms with Crippen LogP contribution in [0.25, 0.3) is 5.57 Å². The van der Waals surface area contributed by atoms with Crippen molar-refractivity contribution in [2.45, 2.75) is 6.18 Å². The molecule has 0 unspecified atom stereocenters. The highest BCUT2D eigenvalue weighted by Crippen LogP contribution is 2.34. The Kier molecular flexibility index (Phi) is 6.96. The zero-order chi connectivity index (χ0) is 22.4. The number of rotatable bonds is 5. The quantitative estimate of drug-likeness (QED) is 0.571. The van der Waals surface area contributed by atoms with E-state index in [1.54, 1.807) is 18.2 Å². The van der Waals surface area contributed by atoms with Crippen molar-refractivity contribution in [3.8, 4) is 0 Å². The van der Waals surface area contributed by atoms with Gasteiger partial charge in [0.1, 0.15) is 0 Å². The monoisotopic (exact) mass is 434 g/mol. The van der Waals surface area contributed by atoms with Gasteiger partial charge in [-0.2, -0.15) is 13.2 Å². The summed E-state index contributed by atoms with van der Waals surface area (Å²) in [5, 5.41) is 2.37. The molecule has 0 atom stereocenters. The Hall–Kier alpha value is -3.33. The van der Waals surface area contributed by atoms with Crippen LogP contribution in [0.1, 0.15) is 15.9 Å². The molecule has 31 heavy (non-hydrogen) atoms. The number of amides is 1. The van der Waals surface area contributed by atoms with Crippen molar-refractivity contribution in [3.63, 3.8) is 0 Å². The van der Waals surface area contributed by atoms with E-state index in [1.807, 2.05) is 4.90 Å². The summed E-state index contributed by atoms with van der Waals surface area (Å²) in [7, 11) is 1.19. The summed E-state index contributed by atoms with van der Waals surface area (Å²) in [6, 6.07) is 11.7. The molecule has 2 aromatic rings.